The van der Waals surface area contributed by atoms with Crippen LogP contribution in [0.1, 0.15) is 44.6 Å². The molecule has 3 aliphatic heterocycles. The number of likely N-dealkylation sites (tertiary alicyclic amines) is 1. The molecule has 212 valence electrons. The molecule has 1 aromatic rings. The van der Waals surface area contributed by atoms with E-state index in [4.69, 9.17) is 9.47 Å². The third-order valence-corrected chi connectivity index (χ3v) is 9.08. The quantitative estimate of drug-likeness (QED) is 0.151. The Kier molecular flexibility index (Phi) is 9.67. The van der Waals surface area contributed by atoms with Crippen molar-refractivity contribution in [3.8, 4) is 0 Å². The van der Waals surface area contributed by atoms with Crippen molar-refractivity contribution >= 4 is 33.7 Å². The van der Waals surface area contributed by atoms with E-state index in [0.717, 1.165) is 18.4 Å². The highest BCUT2D eigenvalue weighted by Gasteiger charge is 2.77. The van der Waals surface area contributed by atoms with E-state index in [1.54, 1.807) is 11.0 Å². The molecule has 3 aliphatic rings. The number of esters is 1. The maximum absolute atomic E-state index is 14.4. The number of benzene rings is 1. The van der Waals surface area contributed by atoms with Gasteiger partial charge in [0.25, 0.3) is 0 Å². The number of hydrogen-bond donors (Lipinski definition) is 1. The molecule has 0 radical (unpaired) electrons. The summed E-state index contributed by atoms with van der Waals surface area (Å²) in [5, 5.41) is 10.2. The Morgan fingerprint density at radius 1 is 1.28 bits per heavy atom. The van der Waals surface area contributed by atoms with Crippen LogP contribution in [0.15, 0.2) is 55.6 Å². The van der Waals surface area contributed by atoms with Crippen molar-refractivity contribution < 1.29 is 29.0 Å². The number of fused-ring (bicyclic) bond motifs is 1. The van der Waals surface area contributed by atoms with Crippen molar-refractivity contribution in [3.63, 3.8) is 0 Å². The Labute approximate surface area is 239 Å². The fourth-order valence-corrected chi connectivity index (χ4v) is 7.39. The SMILES string of the molecule is C=CCCCCOC(=O)[C@H]1[C@H]2C(=O)N([C@@H](CC)CO)C(C(=O)N(CC=C)Cc3ccccc3)C23CC(Br)[C@@H]1O3. The van der Waals surface area contributed by atoms with E-state index >= 15 is 0 Å². The lowest BCUT2D eigenvalue weighted by Crippen LogP contribution is -2.58. The minimum Gasteiger partial charge on any atom is -0.465 e. The monoisotopic (exact) mass is 602 g/mol. The summed E-state index contributed by atoms with van der Waals surface area (Å²) in [6, 6.07) is 8.06. The Hall–Kier alpha value is -2.49. The van der Waals surface area contributed by atoms with Gasteiger partial charge in [0.2, 0.25) is 11.8 Å². The molecule has 8 nitrogen and oxygen atoms in total. The number of aliphatic hydroxyl groups is 1. The first-order chi connectivity index (χ1) is 18.8. The summed E-state index contributed by atoms with van der Waals surface area (Å²) in [4.78, 5) is 44.9. The van der Waals surface area contributed by atoms with Gasteiger partial charge in [0.05, 0.1) is 37.2 Å². The molecule has 1 spiro atoms. The number of rotatable bonds is 14. The van der Waals surface area contributed by atoms with Crippen molar-refractivity contribution in [1.29, 1.82) is 0 Å². The van der Waals surface area contributed by atoms with Crippen molar-refractivity contribution in [1.82, 2.24) is 9.80 Å². The average Bonchev–Trinajstić information content (AvgIpc) is 3.53. The highest BCUT2D eigenvalue weighted by molar-refractivity contribution is 9.09. The van der Waals surface area contributed by atoms with Gasteiger partial charge in [-0.15, -0.1) is 13.2 Å². The van der Waals surface area contributed by atoms with E-state index in [0.29, 0.717) is 25.8 Å². The van der Waals surface area contributed by atoms with Gasteiger partial charge in [0.1, 0.15) is 11.6 Å². The number of hydrogen-bond acceptors (Lipinski definition) is 6. The van der Waals surface area contributed by atoms with E-state index in [1.807, 2.05) is 43.3 Å². The molecule has 2 bridgehead atoms. The van der Waals surface area contributed by atoms with Crippen molar-refractivity contribution in [2.45, 2.75) is 74.2 Å². The predicted molar refractivity (Wildman–Crippen MR) is 151 cm³/mol. The normalized spacial score (nSPS) is 29.7. The van der Waals surface area contributed by atoms with Gasteiger partial charge in [0, 0.05) is 17.9 Å². The molecule has 0 aromatic heterocycles. The third-order valence-electron chi connectivity index (χ3n) is 8.23. The molecule has 4 rings (SSSR count). The molecule has 3 unspecified atom stereocenters. The van der Waals surface area contributed by atoms with Gasteiger partial charge < -0.3 is 24.4 Å². The van der Waals surface area contributed by atoms with Gasteiger partial charge in [-0.25, -0.2) is 0 Å². The molecule has 3 saturated heterocycles. The number of halogens is 1. The van der Waals surface area contributed by atoms with Crippen molar-refractivity contribution in [3.05, 3.63) is 61.2 Å². The van der Waals surface area contributed by atoms with Crippen LogP contribution in [0.25, 0.3) is 0 Å². The molecule has 1 aromatic carbocycles. The lowest BCUT2D eigenvalue weighted by molar-refractivity contribution is -0.156. The molecule has 0 aliphatic carbocycles. The summed E-state index contributed by atoms with van der Waals surface area (Å²) in [5.41, 5.74) is -0.252. The molecule has 3 fully saturated rings. The number of allylic oxidation sites excluding steroid dienone is 1. The standard InChI is InChI=1S/C30H39BrN2O6/c1-4-7-8-12-16-38-29(37)23-24-27(35)33(21(6-3)19-34)26(30(24)17-22(31)25(23)39-30)28(36)32(15-5-2)18-20-13-10-9-11-14-20/h4-5,9-11,13-14,21-26,34H,1-2,6-8,12,15-19H2,3H3/t21-,22?,23-,24-,25-,26?,30?/m0/s1. The van der Waals surface area contributed by atoms with Crippen LogP contribution >= 0.6 is 15.9 Å². The summed E-state index contributed by atoms with van der Waals surface area (Å²) in [7, 11) is 0. The summed E-state index contributed by atoms with van der Waals surface area (Å²) in [6.07, 6.45) is 6.15. The second-order valence-corrected chi connectivity index (χ2v) is 11.8. The van der Waals surface area contributed by atoms with Crippen LogP contribution in [0.5, 0.6) is 0 Å². The summed E-state index contributed by atoms with van der Waals surface area (Å²) in [5.74, 6) is -2.76. The second-order valence-electron chi connectivity index (χ2n) is 10.6. The highest BCUT2D eigenvalue weighted by Crippen LogP contribution is 2.60. The molecule has 0 saturated carbocycles. The van der Waals surface area contributed by atoms with Crippen LogP contribution in [0, 0.1) is 11.8 Å². The smallest absolute Gasteiger partial charge is 0.312 e. The molecule has 2 amide bonds. The lowest BCUT2D eigenvalue weighted by Gasteiger charge is -2.39. The largest absolute Gasteiger partial charge is 0.465 e. The molecule has 39 heavy (non-hydrogen) atoms. The number of ether oxygens (including phenoxy) is 2. The number of aliphatic hydroxyl groups excluding tert-OH is 1. The Balaban J connectivity index is 1.68. The van der Waals surface area contributed by atoms with E-state index < -0.39 is 41.6 Å². The molecular weight excluding hydrogens is 564 g/mol. The van der Waals surface area contributed by atoms with Gasteiger partial charge >= 0.3 is 5.97 Å². The summed E-state index contributed by atoms with van der Waals surface area (Å²) < 4.78 is 12.2. The van der Waals surface area contributed by atoms with Gasteiger partial charge in [-0.2, -0.15) is 0 Å². The number of carbonyl (C=O) groups is 3. The fourth-order valence-electron chi connectivity index (χ4n) is 6.45. The van der Waals surface area contributed by atoms with Gasteiger partial charge in [-0.1, -0.05) is 65.3 Å². The maximum atomic E-state index is 14.4. The average molecular weight is 604 g/mol. The zero-order chi connectivity index (χ0) is 28.2. The molecule has 3 heterocycles. The number of amides is 2. The predicted octanol–water partition coefficient (Wildman–Crippen LogP) is 3.62. The minimum absolute atomic E-state index is 0.216. The van der Waals surface area contributed by atoms with E-state index in [9.17, 15) is 19.5 Å². The van der Waals surface area contributed by atoms with E-state index in [2.05, 4.69) is 29.1 Å². The number of nitrogens with zero attached hydrogens (tertiary/aromatic N) is 2. The summed E-state index contributed by atoms with van der Waals surface area (Å²) >= 11 is 3.68. The number of carbonyl (C=O) groups excluding carboxylic acids is 3. The zero-order valence-electron chi connectivity index (χ0n) is 22.5. The van der Waals surface area contributed by atoms with Crippen LogP contribution < -0.4 is 0 Å². The summed E-state index contributed by atoms with van der Waals surface area (Å²) in [6.45, 7) is 9.98. The Morgan fingerprint density at radius 3 is 2.67 bits per heavy atom. The molecule has 7 atom stereocenters. The van der Waals surface area contributed by atoms with Gasteiger partial charge in [-0.3, -0.25) is 14.4 Å². The van der Waals surface area contributed by atoms with E-state index in [1.165, 1.54) is 4.90 Å². The van der Waals surface area contributed by atoms with Crippen LogP contribution in [0.2, 0.25) is 0 Å². The fraction of sp³-hybridized carbons (Fsp3) is 0.567. The van der Waals surface area contributed by atoms with Gasteiger partial charge in [-0.05, 0) is 37.7 Å². The molecular formula is C30H39BrN2O6. The Morgan fingerprint density at radius 2 is 2.03 bits per heavy atom. The van der Waals surface area contributed by atoms with Crippen LogP contribution in [0.4, 0.5) is 0 Å². The van der Waals surface area contributed by atoms with Crippen molar-refractivity contribution in [2.75, 3.05) is 19.8 Å². The van der Waals surface area contributed by atoms with Crippen molar-refractivity contribution in [2.24, 2.45) is 11.8 Å². The van der Waals surface area contributed by atoms with Gasteiger partial charge in [0.15, 0.2) is 0 Å². The first-order valence-corrected chi connectivity index (χ1v) is 14.7. The lowest BCUT2D eigenvalue weighted by atomic mass is 9.70. The number of unbranched alkanes of at least 4 members (excludes halogenated alkanes) is 2. The maximum Gasteiger partial charge on any atom is 0.312 e. The Bertz CT molecular complexity index is 1060. The van der Waals surface area contributed by atoms with E-state index in [-0.39, 0.29) is 36.4 Å². The zero-order valence-corrected chi connectivity index (χ0v) is 24.1. The van der Waals surface area contributed by atoms with Crippen LogP contribution in [-0.4, -0.2) is 81.1 Å². The topological polar surface area (TPSA) is 96.4 Å². The van der Waals surface area contributed by atoms with Crippen LogP contribution in [-0.2, 0) is 30.4 Å². The molecule has 9 heteroatoms. The highest BCUT2D eigenvalue weighted by atomic mass is 79.9. The first kappa shape index (κ1) is 29.5. The first-order valence-electron chi connectivity index (χ1n) is 13.8. The number of alkyl halides is 1. The third kappa shape index (κ3) is 5.45. The minimum atomic E-state index is -1.20. The second kappa shape index (κ2) is 12.8. The van der Waals surface area contributed by atoms with Crippen LogP contribution in [0.3, 0.4) is 0 Å². The molecule has 1 N–H and O–H groups in total.